The van der Waals surface area contributed by atoms with Crippen LogP contribution in [0.2, 0.25) is 0 Å². The highest BCUT2D eigenvalue weighted by molar-refractivity contribution is 7.85. The van der Waals surface area contributed by atoms with E-state index in [0.29, 0.717) is 5.25 Å². The van der Waals surface area contributed by atoms with Crippen molar-refractivity contribution in [2.45, 2.75) is 35.7 Å². The summed E-state index contributed by atoms with van der Waals surface area (Å²) in [6, 6.07) is 0. The molecule has 0 aromatic rings. The average molecular weight is 194 g/mol. The van der Waals surface area contributed by atoms with Crippen LogP contribution in [0.15, 0.2) is 0 Å². The zero-order valence-corrected chi connectivity index (χ0v) is 8.64. The van der Waals surface area contributed by atoms with Gasteiger partial charge in [-0.15, -0.1) is 0 Å². The van der Waals surface area contributed by atoms with Crippen LogP contribution in [0.3, 0.4) is 0 Å². The fourth-order valence-electron chi connectivity index (χ4n) is 1.30. The van der Waals surface area contributed by atoms with E-state index in [-0.39, 0.29) is 4.75 Å². The summed E-state index contributed by atoms with van der Waals surface area (Å²) in [7, 11) is 0. The van der Waals surface area contributed by atoms with E-state index in [4.69, 9.17) is 0 Å². The van der Waals surface area contributed by atoms with Crippen molar-refractivity contribution >= 4 is 37.9 Å². The van der Waals surface area contributed by atoms with Gasteiger partial charge in [0, 0.05) is 15.7 Å². The lowest BCUT2D eigenvalue weighted by Gasteiger charge is -2.33. The van der Waals surface area contributed by atoms with E-state index in [2.05, 4.69) is 37.9 Å². The van der Waals surface area contributed by atoms with Crippen molar-refractivity contribution in [1.29, 1.82) is 0 Å². The van der Waals surface area contributed by atoms with Crippen LogP contribution in [0.4, 0.5) is 0 Å². The third-order valence-electron chi connectivity index (χ3n) is 2.18. The normalized spacial score (nSPS) is 41.7. The third kappa shape index (κ3) is 2.28. The van der Waals surface area contributed by atoms with Gasteiger partial charge >= 0.3 is 0 Å². The molecular weight excluding hydrogens is 180 g/mol. The zero-order valence-electron chi connectivity index (χ0n) is 5.95. The second-order valence-electron chi connectivity index (χ2n) is 3.11. The quantitative estimate of drug-likeness (QED) is 0.525. The van der Waals surface area contributed by atoms with Crippen molar-refractivity contribution in [2.24, 2.45) is 0 Å². The van der Waals surface area contributed by atoms with Crippen LogP contribution in [0.25, 0.3) is 0 Å². The Morgan fingerprint density at radius 2 is 1.80 bits per heavy atom. The summed E-state index contributed by atoms with van der Waals surface area (Å²) in [5.74, 6) is 0.899. The Labute approximate surface area is 79.4 Å². The molecule has 1 fully saturated rings. The fourth-order valence-corrected chi connectivity index (χ4v) is 2.13. The van der Waals surface area contributed by atoms with Gasteiger partial charge in [-0.1, -0.05) is 0 Å². The second kappa shape index (κ2) is 3.63. The molecule has 1 rings (SSSR count). The van der Waals surface area contributed by atoms with Crippen molar-refractivity contribution in [1.82, 2.24) is 0 Å². The molecule has 0 spiro atoms. The van der Waals surface area contributed by atoms with Crippen LogP contribution in [-0.2, 0) is 0 Å². The summed E-state index contributed by atoms with van der Waals surface area (Å²) in [5, 5.41) is 0.611. The van der Waals surface area contributed by atoms with Gasteiger partial charge in [0.1, 0.15) is 0 Å². The van der Waals surface area contributed by atoms with Gasteiger partial charge in [-0.3, -0.25) is 0 Å². The van der Waals surface area contributed by atoms with Crippen molar-refractivity contribution in [3.05, 3.63) is 0 Å². The smallest absolute Gasteiger partial charge is 0.0218 e. The van der Waals surface area contributed by atoms with Crippen molar-refractivity contribution in [3.8, 4) is 0 Å². The van der Waals surface area contributed by atoms with Gasteiger partial charge in [-0.05, 0) is 25.7 Å². The van der Waals surface area contributed by atoms with Gasteiger partial charge in [-0.25, -0.2) is 0 Å². The lowest BCUT2D eigenvalue weighted by atomic mass is 9.89. The Kier molecular flexibility index (Phi) is 3.32. The summed E-state index contributed by atoms with van der Waals surface area (Å²) in [5.41, 5.74) is 0. The van der Waals surface area contributed by atoms with Crippen LogP contribution in [-0.4, -0.2) is 15.7 Å². The summed E-state index contributed by atoms with van der Waals surface area (Å²) in [6.07, 6.45) is 4.75. The minimum Gasteiger partial charge on any atom is -0.178 e. The van der Waals surface area contributed by atoms with E-state index in [1.54, 1.807) is 0 Å². The van der Waals surface area contributed by atoms with Gasteiger partial charge in [-0.2, -0.15) is 37.9 Å². The minimum absolute atomic E-state index is 0.211. The van der Waals surface area contributed by atoms with Gasteiger partial charge in [0.2, 0.25) is 0 Å². The molecule has 0 saturated heterocycles. The average Bonchev–Trinajstić information content (AvgIpc) is 1.96. The minimum atomic E-state index is 0.211. The van der Waals surface area contributed by atoms with Crippen LogP contribution in [0, 0.1) is 0 Å². The van der Waals surface area contributed by atoms with Gasteiger partial charge in [0.05, 0.1) is 0 Å². The molecular formula is C7H14S3. The fraction of sp³-hybridized carbons (Fsp3) is 1.00. The van der Waals surface area contributed by atoms with E-state index in [0.717, 1.165) is 5.75 Å². The molecule has 3 heteroatoms. The maximum atomic E-state index is 4.58. The Hall–Kier alpha value is 1.05. The van der Waals surface area contributed by atoms with E-state index >= 15 is 0 Å². The predicted molar refractivity (Wildman–Crippen MR) is 56.8 cm³/mol. The number of hydrogen-bond donors (Lipinski definition) is 3. The first-order valence-corrected chi connectivity index (χ1v) is 5.27. The highest BCUT2D eigenvalue weighted by Gasteiger charge is 2.29. The SMILES string of the molecule is SCC1(S)CCC(S)CC1. The second-order valence-corrected chi connectivity index (χ2v) is 5.11. The topological polar surface area (TPSA) is 0 Å². The first-order valence-electron chi connectivity index (χ1n) is 3.68. The third-order valence-corrected chi connectivity index (χ3v) is 4.16. The summed E-state index contributed by atoms with van der Waals surface area (Å²) in [4.78, 5) is 0. The molecule has 0 heterocycles. The monoisotopic (exact) mass is 194 g/mol. The van der Waals surface area contributed by atoms with Gasteiger partial charge in [0.15, 0.2) is 0 Å². The number of hydrogen-bond acceptors (Lipinski definition) is 3. The Morgan fingerprint density at radius 1 is 1.30 bits per heavy atom. The zero-order chi connectivity index (χ0) is 7.61. The molecule has 1 aliphatic carbocycles. The van der Waals surface area contributed by atoms with Crippen LogP contribution < -0.4 is 0 Å². The molecule has 1 saturated carbocycles. The van der Waals surface area contributed by atoms with Crippen LogP contribution >= 0.6 is 37.9 Å². The first kappa shape index (κ1) is 9.14. The molecule has 0 amide bonds. The molecule has 0 aromatic heterocycles. The summed E-state index contributed by atoms with van der Waals surface area (Å²) >= 11 is 13.3. The van der Waals surface area contributed by atoms with E-state index in [1.807, 2.05) is 0 Å². The molecule has 0 radical (unpaired) electrons. The Balaban J connectivity index is 2.38. The lowest BCUT2D eigenvalue weighted by molar-refractivity contribution is 0.441. The highest BCUT2D eigenvalue weighted by Crippen LogP contribution is 2.36. The maximum Gasteiger partial charge on any atom is 0.0218 e. The molecule has 0 N–H and O–H groups in total. The summed E-state index contributed by atoms with van der Waals surface area (Å²) in [6.45, 7) is 0. The van der Waals surface area contributed by atoms with Crippen molar-refractivity contribution in [2.75, 3.05) is 5.75 Å². The standard InChI is InChI=1S/C7H14S3/c8-5-7(10)3-1-6(9)2-4-7/h6,8-10H,1-5H2. The van der Waals surface area contributed by atoms with Crippen molar-refractivity contribution in [3.63, 3.8) is 0 Å². The molecule has 60 valence electrons. The van der Waals surface area contributed by atoms with Crippen LogP contribution in [0.1, 0.15) is 25.7 Å². The number of thiol groups is 3. The molecule has 0 nitrogen and oxygen atoms in total. The predicted octanol–water partition coefficient (Wildman–Crippen LogP) is 2.46. The highest BCUT2D eigenvalue weighted by atomic mass is 32.1. The van der Waals surface area contributed by atoms with E-state index in [1.165, 1.54) is 25.7 Å². The first-order chi connectivity index (χ1) is 4.66. The van der Waals surface area contributed by atoms with Gasteiger partial charge < -0.3 is 0 Å². The lowest BCUT2D eigenvalue weighted by Crippen LogP contribution is -2.30. The molecule has 0 atom stereocenters. The van der Waals surface area contributed by atoms with E-state index < -0.39 is 0 Å². The Morgan fingerprint density at radius 3 is 2.20 bits per heavy atom. The maximum absolute atomic E-state index is 4.58. The molecule has 0 aliphatic heterocycles. The molecule has 10 heavy (non-hydrogen) atoms. The molecule has 0 aromatic carbocycles. The summed E-state index contributed by atoms with van der Waals surface area (Å²) < 4.78 is 0.211. The molecule has 0 bridgehead atoms. The molecule has 1 aliphatic rings. The van der Waals surface area contributed by atoms with E-state index in [9.17, 15) is 0 Å². The van der Waals surface area contributed by atoms with Gasteiger partial charge in [0.25, 0.3) is 0 Å². The Bertz CT molecular complexity index is 105. The van der Waals surface area contributed by atoms with Crippen molar-refractivity contribution < 1.29 is 0 Å². The molecule has 0 unspecified atom stereocenters. The largest absolute Gasteiger partial charge is 0.178 e. The van der Waals surface area contributed by atoms with Crippen LogP contribution in [0.5, 0.6) is 0 Å². The number of rotatable bonds is 1.